The first-order valence-corrected chi connectivity index (χ1v) is 4.83. The number of fused-ring (bicyclic) bond motifs is 1. The first-order chi connectivity index (χ1) is 6.29. The number of hydrogen-bond acceptors (Lipinski definition) is 2. The molecule has 0 saturated heterocycles. The van der Waals surface area contributed by atoms with E-state index in [1.54, 1.807) is 0 Å². The van der Waals surface area contributed by atoms with Crippen molar-refractivity contribution >= 4 is 32.7 Å². The number of pyridine rings is 1. The van der Waals surface area contributed by atoms with Crippen molar-refractivity contribution in [3.63, 3.8) is 0 Å². The lowest BCUT2D eigenvalue weighted by Gasteiger charge is -2.01. The monoisotopic (exact) mass is 236 g/mol. The van der Waals surface area contributed by atoms with Gasteiger partial charge in [-0.05, 0) is 24.3 Å². The fourth-order valence-corrected chi connectivity index (χ4v) is 1.58. The van der Waals surface area contributed by atoms with Gasteiger partial charge in [0.15, 0.2) is 0 Å². The maximum absolute atomic E-state index is 4.41. The summed E-state index contributed by atoms with van der Waals surface area (Å²) in [5.41, 5.74) is 1.00. The van der Waals surface area contributed by atoms with Crippen LogP contribution in [-0.4, -0.2) is 12.0 Å². The summed E-state index contributed by atoms with van der Waals surface area (Å²) in [7, 11) is 1.87. The van der Waals surface area contributed by atoms with E-state index in [1.165, 1.54) is 0 Å². The van der Waals surface area contributed by atoms with Gasteiger partial charge in [0.2, 0.25) is 0 Å². The van der Waals surface area contributed by atoms with Crippen LogP contribution in [0.4, 0.5) is 5.82 Å². The maximum Gasteiger partial charge on any atom is 0.126 e. The van der Waals surface area contributed by atoms with E-state index in [4.69, 9.17) is 0 Å². The largest absolute Gasteiger partial charge is 0.373 e. The molecule has 0 aliphatic carbocycles. The van der Waals surface area contributed by atoms with Crippen LogP contribution in [0.2, 0.25) is 0 Å². The lowest BCUT2D eigenvalue weighted by molar-refractivity contribution is 1.34. The third-order valence-electron chi connectivity index (χ3n) is 1.91. The fraction of sp³-hybridized carbons (Fsp3) is 0.100. The predicted molar refractivity (Wildman–Crippen MR) is 59.0 cm³/mol. The zero-order valence-electron chi connectivity index (χ0n) is 7.21. The first kappa shape index (κ1) is 8.51. The van der Waals surface area contributed by atoms with Crippen molar-refractivity contribution in [2.75, 3.05) is 12.4 Å². The number of halogens is 1. The van der Waals surface area contributed by atoms with Crippen LogP contribution in [0.5, 0.6) is 0 Å². The molecule has 0 saturated carbocycles. The number of nitrogens with one attached hydrogen (secondary N) is 1. The van der Waals surface area contributed by atoms with Crippen molar-refractivity contribution in [3.05, 3.63) is 34.8 Å². The van der Waals surface area contributed by atoms with Crippen molar-refractivity contribution in [1.82, 2.24) is 4.98 Å². The quantitative estimate of drug-likeness (QED) is 0.824. The molecule has 66 valence electrons. The molecule has 0 bridgehead atoms. The molecule has 0 aliphatic rings. The van der Waals surface area contributed by atoms with Crippen molar-refractivity contribution in [3.8, 4) is 0 Å². The second kappa shape index (κ2) is 3.34. The third kappa shape index (κ3) is 1.65. The van der Waals surface area contributed by atoms with Gasteiger partial charge in [0.05, 0.1) is 5.52 Å². The average Bonchev–Trinajstić information content (AvgIpc) is 2.16. The van der Waals surface area contributed by atoms with Crippen molar-refractivity contribution in [2.24, 2.45) is 0 Å². The van der Waals surface area contributed by atoms with Gasteiger partial charge >= 0.3 is 0 Å². The SMILES string of the molecule is CNc1ccc2ccc(Br)cc2n1. The molecule has 1 N–H and O–H groups in total. The van der Waals surface area contributed by atoms with E-state index >= 15 is 0 Å². The van der Waals surface area contributed by atoms with E-state index in [-0.39, 0.29) is 0 Å². The summed E-state index contributed by atoms with van der Waals surface area (Å²) >= 11 is 3.42. The average molecular weight is 237 g/mol. The molecule has 0 unspecified atom stereocenters. The molecule has 2 nitrogen and oxygen atoms in total. The van der Waals surface area contributed by atoms with Gasteiger partial charge in [-0.25, -0.2) is 4.98 Å². The van der Waals surface area contributed by atoms with Crippen LogP contribution in [0.25, 0.3) is 10.9 Å². The molecule has 0 spiro atoms. The topological polar surface area (TPSA) is 24.9 Å². The fourth-order valence-electron chi connectivity index (χ4n) is 1.23. The molecule has 1 aromatic carbocycles. The highest BCUT2D eigenvalue weighted by atomic mass is 79.9. The smallest absolute Gasteiger partial charge is 0.126 e. The van der Waals surface area contributed by atoms with E-state index in [0.717, 1.165) is 21.2 Å². The Balaban J connectivity index is 2.68. The number of rotatable bonds is 1. The van der Waals surface area contributed by atoms with E-state index in [1.807, 2.05) is 31.3 Å². The Morgan fingerprint density at radius 2 is 2.00 bits per heavy atom. The van der Waals surface area contributed by atoms with E-state index < -0.39 is 0 Å². The van der Waals surface area contributed by atoms with E-state index in [2.05, 4.69) is 32.3 Å². The van der Waals surface area contributed by atoms with Crippen LogP contribution in [0.3, 0.4) is 0 Å². The molecule has 0 aliphatic heterocycles. The predicted octanol–water partition coefficient (Wildman–Crippen LogP) is 3.04. The molecule has 1 aromatic heterocycles. The third-order valence-corrected chi connectivity index (χ3v) is 2.40. The minimum absolute atomic E-state index is 0.894. The second-order valence-electron chi connectivity index (χ2n) is 2.78. The lowest BCUT2D eigenvalue weighted by atomic mass is 10.2. The Morgan fingerprint density at radius 3 is 2.77 bits per heavy atom. The maximum atomic E-state index is 4.41. The van der Waals surface area contributed by atoms with Crippen LogP contribution in [0.1, 0.15) is 0 Å². The van der Waals surface area contributed by atoms with Gasteiger partial charge < -0.3 is 5.32 Å². The van der Waals surface area contributed by atoms with Gasteiger partial charge in [-0.15, -0.1) is 0 Å². The molecule has 2 aromatic rings. The lowest BCUT2D eigenvalue weighted by Crippen LogP contribution is -1.91. The normalized spacial score (nSPS) is 10.3. The highest BCUT2D eigenvalue weighted by molar-refractivity contribution is 9.10. The molecular weight excluding hydrogens is 228 g/mol. The Hall–Kier alpha value is -1.09. The summed E-state index contributed by atoms with van der Waals surface area (Å²) < 4.78 is 1.06. The molecular formula is C10H9BrN2. The van der Waals surface area contributed by atoms with Gasteiger partial charge in [0.25, 0.3) is 0 Å². The summed E-state index contributed by atoms with van der Waals surface area (Å²) in [6, 6.07) is 10.1. The number of nitrogens with zero attached hydrogens (tertiary/aromatic N) is 1. The van der Waals surface area contributed by atoms with Crippen LogP contribution in [-0.2, 0) is 0 Å². The van der Waals surface area contributed by atoms with Crippen LogP contribution < -0.4 is 5.32 Å². The molecule has 13 heavy (non-hydrogen) atoms. The summed E-state index contributed by atoms with van der Waals surface area (Å²) in [5.74, 6) is 0.894. The molecule has 0 atom stereocenters. The second-order valence-corrected chi connectivity index (χ2v) is 3.70. The summed E-state index contributed by atoms with van der Waals surface area (Å²) in [6.45, 7) is 0. The molecule has 1 heterocycles. The van der Waals surface area contributed by atoms with Crippen molar-refractivity contribution in [2.45, 2.75) is 0 Å². The first-order valence-electron chi connectivity index (χ1n) is 4.03. The van der Waals surface area contributed by atoms with Crippen molar-refractivity contribution in [1.29, 1.82) is 0 Å². The zero-order chi connectivity index (χ0) is 9.26. The standard InChI is InChI=1S/C10H9BrN2/c1-12-10-5-3-7-2-4-8(11)6-9(7)13-10/h2-6H,1H3,(H,12,13). The minimum atomic E-state index is 0.894. The van der Waals surface area contributed by atoms with Crippen molar-refractivity contribution < 1.29 is 0 Å². The molecule has 3 heteroatoms. The summed E-state index contributed by atoms with van der Waals surface area (Å²) in [4.78, 5) is 4.41. The van der Waals surface area contributed by atoms with Crippen LogP contribution >= 0.6 is 15.9 Å². The number of benzene rings is 1. The van der Waals surface area contributed by atoms with Gasteiger partial charge in [-0.3, -0.25) is 0 Å². The molecule has 0 radical (unpaired) electrons. The Labute approximate surface area is 85.1 Å². The minimum Gasteiger partial charge on any atom is -0.373 e. The summed E-state index contributed by atoms with van der Waals surface area (Å²) in [5, 5.41) is 4.17. The molecule has 0 fully saturated rings. The Bertz CT molecular complexity index is 440. The highest BCUT2D eigenvalue weighted by Crippen LogP contribution is 2.19. The number of anilines is 1. The number of aromatic nitrogens is 1. The zero-order valence-corrected chi connectivity index (χ0v) is 8.80. The van der Waals surface area contributed by atoms with E-state index in [9.17, 15) is 0 Å². The molecule has 0 amide bonds. The van der Waals surface area contributed by atoms with E-state index in [0.29, 0.717) is 0 Å². The Morgan fingerprint density at radius 1 is 1.23 bits per heavy atom. The van der Waals surface area contributed by atoms with Crippen LogP contribution in [0.15, 0.2) is 34.8 Å². The van der Waals surface area contributed by atoms with Gasteiger partial charge in [0, 0.05) is 16.9 Å². The van der Waals surface area contributed by atoms with Crippen LogP contribution in [0, 0.1) is 0 Å². The van der Waals surface area contributed by atoms with Gasteiger partial charge in [-0.2, -0.15) is 0 Å². The molecule has 2 rings (SSSR count). The highest BCUT2D eigenvalue weighted by Gasteiger charge is 1.96. The van der Waals surface area contributed by atoms with Gasteiger partial charge in [0.1, 0.15) is 5.82 Å². The summed E-state index contributed by atoms with van der Waals surface area (Å²) in [6.07, 6.45) is 0. The van der Waals surface area contributed by atoms with Gasteiger partial charge in [-0.1, -0.05) is 22.0 Å². The Kier molecular flexibility index (Phi) is 2.19. The number of hydrogen-bond donors (Lipinski definition) is 1.